The van der Waals surface area contributed by atoms with Crippen molar-refractivity contribution in [1.82, 2.24) is 5.32 Å². The molecule has 2 N–H and O–H groups in total. The van der Waals surface area contributed by atoms with Crippen LogP contribution in [-0.4, -0.2) is 36.9 Å². The van der Waals surface area contributed by atoms with Crippen molar-refractivity contribution < 1.29 is 19.4 Å². The van der Waals surface area contributed by atoms with E-state index in [9.17, 15) is 4.79 Å². The van der Waals surface area contributed by atoms with Crippen molar-refractivity contribution in [2.75, 3.05) is 20.3 Å². The topological polar surface area (TPSA) is 67.8 Å². The van der Waals surface area contributed by atoms with Gasteiger partial charge in [0.15, 0.2) is 5.88 Å². The summed E-state index contributed by atoms with van der Waals surface area (Å²) in [5.74, 6) is 0.0912. The van der Waals surface area contributed by atoms with Crippen LogP contribution in [-0.2, 0) is 14.3 Å². The van der Waals surface area contributed by atoms with Gasteiger partial charge in [-0.1, -0.05) is 18.2 Å². The minimum atomic E-state index is -1.05. The van der Waals surface area contributed by atoms with Crippen LogP contribution in [0.5, 0.6) is 0 Å². The molecule has 0 atom stereocenters. The van der Waals surface area contributed by atoms with Crippen LogP contribution in [0.1, 0.15) is 26.7 Å². The Hall–Kier alpha value is -1.75. The third kappa shape index (κ3) is 5.09. The van der Waals surface area contributed by atoms with Gasteiger partial charge in [-0.15, -0.1) is 0 Å². The fourth-order valence-corrected chi connectivity index (χ4v) is 1.75. The first-order chi connectivity index (χ1) is 9.49. The zero-order valence-corrected chi connectivity index (χ0v) is 12.3. The van der Waals surface area contributed by atoms with Crippen molar-refractivity contribution in [1.29, 1.82) is 0 Å². The van der Waals surface area contributed by atoms with E-state index in [1.165, 1.54) is 7.11 Å². The summed E-state index contributed by atoms with van der Waals surface area (Å²) in [5, 5.41) is 11.9. The van der Waals surface area contributed by atoms with E-state index < -0.39 is 11.6 Å². The average Bonchev–Trinajstić information content (AvgIpc) is 2.40. The van der Waals surface area contributed by atoms with E-state index in [4.69, 9.17) is 14.6 Å². The second-order valence-corrected chi connectivity index (χ2v) is 4.99. The van der Waals surface area contributed by atoms with Crippen LogP contribution in [0.3, 0.4) is 0 Å². The first-order valence-corrected chi connectivity index (χ1v) is 6.69. The number of rotatable bonds is 6. The molecule has 1 heterocycles. The molecular formula is C15H23NO4. The van der Waals surface area contributed by atoms with Crippen molar-refractivity contribution in [3.63, 3.8) is 0 Å². The molecule has 112 valence electrons. The van der Waals surface area contributed by atoms with Crippen LogP contribution in [0.4, 0.5) is 0 Å². The van der Waals surface area contributed by atoms with Gasteiger partial charge in [0, 0.05) is 13.2 Å². The van der Waals surface area contributed by atoms with Gasteiger partial charge in [-0.05, 0) is 38.3 Å². The molecule has 0 aliphatic carbocycles. The zero-order valence-electron chi connectivity index (χ0n) is 12.3. The van der Waals surface area contributed by atoms with Gasteiger partial charge in [-0.2, -0.15) is 0 Å². The van der Waals surface area contributed by atoms with E-state index in [2.05, 4.69) is 5.32 Å². The highest BCUT2D eigenvalue weighted by atomic mass is 16.6. The Bertz CT molecular complexity index is 422. The van der Waals surface area contributed by atoms with E-state index in [-0.39, 0.29) is 6.61 Å². The highest BCUT2D eigenvalue weighted by Crippen LogP contribution is 2.17. The summed E-state index contributed by atoms with van der Waals surface area (Å²) in [5.41, 5.74) is 0.0628. The number of carbonyl (C=O) groups excluding carboxylic acids is 1. The lowest BCUT2D eigenvalue weighted by molar-refractivity contribution is -0.161. The molecule has 0 aromatic heterocycles. The molecule has 0 fully saturated rings. The Morgan fingerprint density at radius 1 is 1.45 bits per heavy atom. The number of hydrogen-bond acceptors (Lipinski definition) is 5. The van der Waals surface area contributed by atoms with E-state index >= 15 is 0 Å². The molecule has 0 aromatic rings. The second kappa shape index (κ2) is 7.75. The maximum absolute atomic E-state index is 11.6. The van der Waals surface area contributed by atoms with Crippen molar-refractivity contribution in [2.45, 2.75) is 32.3 Å². The highest BCUT2D eigenvalue weighted by molar-refractivity contribution is 5.78. The molecule has 5 nitrogen and oxygen atoms in total. The molecule has 0 saturated heterocycles. The number of aliphatic hydroxyl groups excluding tert-OH is 1. The molecule has 0 aromatic carbocycles. The van der Waals surface area contributed by atoms with Crippen molar-refractivity contribution in [3.8, 4) is 0 Å². The average molecular weight is 281 g/mol. The molecule has 0 spiro atoms. The summed E-state index contributed by atoms with van der Waals surface area (Å²) in [6, 6.07) is 0. The van der Waals surface area contributed by atoms with Crippen LogP contribution >= 0.6 is 0 Å². The number of aliphatic hydroxyl groups is 1. The summed E-state index contributed by atoms with van der Waals surface area (Å²) in [6.07, 6.45) is 9.23. The first-order valence-electron chi connectivity index (χ1n) is 6.69. The standard InChI is InChI=1S/C15H23NO4/c1-15(2,14(18)19-3)20-13-9-8-12(7-5-11-17)6-4-10-16-13/h4,6,8-9,16-17H,5,7,10-11H2,1-3H3/b6-4-,12-8+,13-9+. The Kier molecular flexibility index (Phi) is 6.31. The Balaban J connectivity index is 2.77. The van der Waals surface area contributed by atoms with Crippen LogP contribution < -0.4 is 5.32 Å². The van der Waals surface area contributed by atoms with Crippen LogP contribution in [0, 0.1) is 0 Å². The largest absolute Gasteiger partial charge is 0.466 e. The SMILES string of the molecule is COC(=O)C(C)(C)O/C1=C/C=C(CCCO)\C=C/CN1. The predicted molar refractivity (Wildman–Crippen MR) is 76.8 cm³/mol. The zero-order chi connectivity index (χ0) is 15.0. The summed E-state index contributed by atoms with van der Waals surface area (Å²) < 4.78 is 10.4. The lowest BCUT2D eigenvalue weighted by Gasteiger charge is -2.25. The molecule has 0 radical (unpaired) electrons. The molecule has 0 bridgehead atoms. The van der Waals surface area contributed by atoms with Crippen molar-refractivity contribution in [3.05, 3.63) is 35.8 Å². The molecule has 0 amide bonds. The van der Waals surface area contributed by atoms with Gasteiger partial charge in [-0.3, -0.25) is 0 Å². The van der Waals surface area contributed by atoms with Gasteiger partial charge in [-0.25, -0.2) is 4.79 Å². The smallest absolute Gasteiger partial charge is 0.349 e. The van der Waals surface area contributed by atoms with Gasteiger partial charge in [0.2, 0.25) is 5.60 Å². The minimum absolute atomic E-state index is 0.172. The Morgan fingerprint density at radius 3 is 2.85 bits per heavy atom. The van der Waals surface area contributed by atoms with Gasteiger partial charge < -0.3 is 19.9 Å². The summed E-state index contributed by atoms with van der Waals surface area (Å²) >= 11 is 0. The van der Waals surface area contributed by atoms with Crippen molar-refractivity contribution >= 4 is 5.97 Å². The van der Waals surface area contributed by atoms with Gasteiger partial charge in [0.25, 0.3) is 0 Å². The second-order valence-electron chi connectivity index (χ2n) is 4.99. The molecule has 1 aliphatic rings. The molecular weight excluding hydrogens is 258 g/mol. The van der Waals surface area contributed by atoms with Crippen LogP contribution in [0.15, 0.2) is 35.8 Å². The van der Waals surface area contributed by atoms with Crippen LogP contribution in [0.2, 0.25) is 0 Å². The number of carbonyl (C=O) groups is 1. The summed E-state index contributed by atoms with van der Waals surface area (Å²) in [4.78, 5) is 11.6. The number of ether oxygens (including phenoxy) is 2. The number of hydrogen-bond donors (Lipinski definition) is 2. The Labute approximate surface area is 120 Å². The van der Waals surface area contributed by atoms with Crippen molar-refractivity contribution in [2.24, 2.45) is 0 Å². The maximum atomic E-state index is 11.6. The third-order valence-corrected chi connectivity index (χ3v) is 2.84. The van der Waals surface area contributed by atoms with E-state index in [1.807, 2.05) is 18.2 Å². The molecule has 1 rings (SSSR count). The number of methoxy groups -OCH3 is 1. The van der Waals surface area contributed by atoms with E-state index in [0.29, 0.717) is 12.4 Å². The van der Waals surface area contributed by atoms with Gasteiger partial charge in [0.1, 0.15) is 0 Å². The summed E-state index contributed by atoms with van der Waals surface area (Å²) in [6.45, 7) is 4.10. The quantitative estimate of drug-likeness (QED) is 0.725. The van der Waals surface area contributed by atoms with Crippen LogP contribution in [0.25, 0.3) is 0 Å². The fourth-order valence-electron chi connectivity index (χ4n) is 1.75. The number of allylic oxidation sites excluding steroid dienone is 4. The monoisotopic (exact) mass is 281 g/mol. The highest BCUT2D eigenvalue weighted by Gasteiger charge is 2.31. The fraction of sp³-hybridized carbons (Fsp3) is 0.533. The number of nitrogens with one attached hydrogen (secondary N) is 1. The summed E-state index contributed by atoms with van der Waals surface area (Å²) in [7, 11) is 1.34. The first kappa shape index (κ1) is 16.3. The Morgan fingerprint density at radius 2 is 2.20 bits per heavy atom. The lowest BCUT2D eigenvalue weighted by atomic mass is 10.1. The van der Waals surface area contributed by atoms with Gasteiger partial charge in [0.05, 0.1) is 7.11 Å². The lowest BCUT2D eigenvalue weighted by Crippen LogP contribution is -2.38. The van der Waals surface area contributed by atoms with E-state index in [0.717, 1.165) is 18.4 Å². The molecule has 1 aliphatic heterocycles. The molecule has 0 saturated carbocycles. The predicted octanol–water partition coefficient (Wildman–Crippen LogP) is 1.65. The molecule has 0 unspecified atom stereocenters. The number of esters is 1. The van der Waals surface area contributed by atoms with E-state index in [1.54, 1.807) is 19.9 Å². The van der Waals surface area contributed by atoms with Gasteiger partial charge >= 0.3 is 5.97 Å². The molecule has 5 heteroatoms. The molecule has 20 heavy (non-hydrogen) atoms. The normalized spacial score (nSPS) is 22.2. The third-order valence-electron chi connectivity index (χ3n) is 2.84. The minimum Gasteiger partial charge on any atom is -0.466 e. The maximum Gasteiger partial charge on any atom is 0.349 e.